The third kappa shape index (κ3) is 6.42. The van der Waals surface area contributed by atoms with Crippen LogP contribution < -0.4 is 15.4 Å². The minimum atomic E-state index is -4.58. The van der Waals surface area contributed by atoms with Crippen LogP contribution in [0.25, 0.3) is 0 Å². The van der Waals surface area contributed by atoms with Crippen LogP contribution in [0.1, 0.15) is 0 Å². The topological polar surface area (TPSA) is 76.4 Å². The molecule has 0 radical (unpaired) electrons. The average Bonchev–Trinajstić information content (AvgIpc) is 2.56. The van der Waals surface area contributed by atoms with Gasteiger partial charge in [-0.2, -0.15) is 13.2 Å². The number of nitrogens with zero attached hydrogens (tertiary/aromatic N) is 1. The van der Waals surface area contributed by atoms with E-state index in [9.17, 15) is 23.3 Å². The minimum Gasteiger partial charge on any atom is -0.484 e. The summed E-state index contributed by atoms with van der Waals surface area (Å²) < 4.78 is 41.5. The van der Waals surface area contributed by atoms with Gasteiger partial charge in [0, 0.05) is 12.1 Å². The molecule has 6 nitrogen and oxygen atoms in total. The highest BCUT2D eigenvalue weighted by atomic mass is 35.5. The molecule has 0 bridgehead atoms. The van der Waals surface area contributed by atoms with Crippen molar-refractivity contribution in [3.8, 4) is 5.75 Å². The van der Waals surface area contributed by atoms with Crippen molar-refractivity contribution in [3.63, 3.8) is 0 Å². The van der Waals surface area contributed by atoms with Gasteiger partial charge >= 0.3 is 6.18 Å². The Hall–Kier alpha value is -2.30. The molecule has 0 aliphatic heterocycles. The number of halogens is 5. The first-order valence-electron chi connectivity index (χ1n) is 7.06. The van der Waals surface area contributed by atoms with Gasteiger partial charge in [-0.3, -0.25) is 10.1 Å². The second-order valence-corrected chi connectivity index (χ2v) is 6.25. The van der Waals surface area contributed by atoms with Crippen molar-refractivity contribution < 1.29 is 22.8 Å². The van der Waals surface area contributed by atoms with E-state index in [4.69, 9.17) is 35.4 Å². The highest BCUT2D eigenvalue weighted by molar-refractivity contribution is 7.80. The Kier molecular flexibility index (Phi) is 6.68. The first kappa shape index (κ1) is 21.0. The zero-order valence-electron chi connectivity index (χ0n) is 13.1. The van der Waals surface area contributed by atoms with Crippen LogP contribution in [0, 0.1) is 10.1 Å². The number of benzene rings is 2. The Labute approximate surface area is 166 Å². The molecule has 0 saturated heterocycles. The Morgan fingerprint density at radius 2 is 1.93 bits per heavy atom. The van der Waals surface area contributed by atoms with Crippen LogP contribution in [-0.4, -0.2) is 22.8 Å². The number of thiocarbonyl (C=S) groups is 1. The van der Waals surface area contributed by atoms with Gasteiger partial charge in [-0.05, 0) is 24.4 Å². The van der Waals surface area contributed by atoms with Crippen LogP contribution >= 0.6 is 35.4 Å². The molecule has 0 aliphatic carbocycles. The molecule has 0 unspecified atom stereocenters. The third-order valence-electron chi connectivity index (χ3n) is 2.96. The van der Waals surface area contributed by atoms with E-state index in [1.54, 1.807) is 18.2 Å². The lowest BCUT2D eigenvalue weighted by atomic mass is 10.2. The first-order valence-corrected chi connectivity index (χ1v) is 8.22. The molecule has 2 rings (SSSR count). The average molecular weight is 440 g/mol. The number of ether oxygens (including phenoxy) is 1. The van der Waals surface area contributed by atoms with E-state index >= 15 is 0 Å². The van der Waals surface area contributed by atoms with Gasteiger partial charge in [-0.25, -0.2) is 0 Å². The first-order chi connectivity index (χ1) is 12.5. The number of nitrogens with one attached hydrogen (secondary N) is 2. The smallest absolute Gasteiger partial charge is 0.422 e. The quantitative estimate of drug-likeness (QED) is 0.356. The minimum absolute atomic E-state index is 0.0126. The van der Waals surface area contributed by atoms with Gasteiger partial charge in [-0.15, -0.1) is 0 Å². The molecule has 2 N–H and O–H groups in total. The summed E-state index contributed by atoms with van der Waals surface area (Å²) in [6.45, 7) is -1.59. The van der Waals surface area contributed by atoms with E-state index in [-0.39, 0.29) is 26.6 Å². The number of non-ortho nitro benzene ring substituents is 1. The zero-order valence-corrected chi connectivity index (χ0v) is 15.5. The van der Waals surface area contributed by atoms with E-state index in [0.29, 0.717) is 5.69 Å². The summed E-state index contributed by atoms with van der Waals surface area (Å²) in [5, 5.41) is 16.8. The Balaban J connectivity index is 2.18. The van der Waals surface area contributed by atoms with E-state index in [1.165, 1.54) is 0 Å². The molecule has 0 amide bonds. The number of alkyl halides is 3. The number of rotatable bonds is 5. The summed E-state index contributed by atoms with van der Waals surface area (Å²) >= 11 is 17.0. The molecule has 27 heavy (non-hydrogen) atoms. The van der Waals surface area contributed by atoms with Crippen molar-refractivity contribution in [3.05, 3.63) is 56.6 Å². The fraction of sp³-hybridized carbons (Fsp3) is 0.133. The standard InChI is InChI=1S/C15H10Cl2F3N3O3S/c16-11-2-1-3-12(13(11)17)22-14(27)21-8-4-9(23(24)25)6-10(5-8)26-7-15(18,19)20/h1-6H,7H2,(H2,21,22,27). The third-order valence-corrected chi connectivity index (χ3v) is 3.99. The van der Waals surface area contributed by atoms with Crippen LogP contribution in [0.3, 0.4) is 0 Å². The van der Waals surface area contributed by atoms with E-state index < -0.39 is 23.4 Å². The summed E-state index contributed by atoms with van der Waals surface area (Å²) in [7, 11) is 0. The van der Waals surface area contributed by atoms with E-state index in [0.717, 1.165) is 18.2 Å². The molecule has 144 valence electrons. The van der Waals surface area contributed by atoms with Crippen molar-refractivity contribution in [1.29, 1.82) is 0 Å². The summed E-state index contributed by atoms with van der Waals surface area (Å²) in [6.07, 6.45) is -4.58. The normalized spacial score (nSPS) is 11.0. The summed E-state index contributed by atoms with van der Waals surface area (Å²) in [4.78, 5) is 10.2. The fourth-order valence-electron chi connectivity index (χ4n) is 1.89. The van der Waals surface area contributed by atoms with Gasteiger partial charge in [0.1, 0.15) is 5.75 Å². The Morgan fingerprint density at radius 3 is 2.56 bits per heavy atom. The van der Waals surface area contributed by atoms with Crippen molar-refractivity contribution in [2.45, 2.75) is 6.18 Å². The van der Waals surface area contributed by atoms with Gasteiger partial charge < -0.3 is 15.4 Å². The summed E-state index contributed by atoms with van der Waals surface area (Å²) in [5.74, 6) is -0.340. The van der Waals surface area contributed by atoms with E-state index in [2.05, 4.69) is 15.4 Å². The summed E-state index contributed by atoms with van der Waals surface area (Å²) in [6, 6.07) is 7.89. The molecule has 0 atom stereocenters. The largest absolute Gasteiger partial charge is 0.484 e. The predicted octanol–water partition coefficient (Wildman–Crippen LogP) is 5.65. The Bertz CT molecular complexity index is 881. The maximum atomic E-state index is 12.3. The van der Waals surface area contributed by atoms with Gasteiger partial charge in [0.15, 0.2) is 11.7 Å². The van der Waals surface area contributed by atoms with Crippen molar-refractivity contribution in [1.82, 2.24) is 0 Å². The van der Waals surface area contributed by atoms with Crippen LogP contribution in [0.2, 0.25) is 10.0 Å². The van der Waals surface area contributed by atoms with Gasteiger partial charge in [0.25, 0.3) is 5.69 Å². The fourth-order valence-corrected chi connectivity index (χ4v) is 2.47. The van der Waals surface area contributed by atoms with Crippen LogP contribution in [0.5, 0.6) is 5.75 Å². The van der Waals surface area contributed by atoms with Crippen LogP contribution in [0.4, 0.5) is 30.2 Å². The van der Waals surface area contributed by atoms with Crippen LogP contribution in [-0.2, 0) is 0 Å². The number of anilines is 2. The highest BCUT2D eigenvalue weighted by Crippen LogP contribution is 2.30. The van der Waals surface area contributed by atoms with Crippen LogP contribution in [0.15, 0.2) is 36.4 Å². The second-order valence-electron chi connectivity index (χ2n) is 5.06. The van der Waals surface area contributed by atoms with Crippen molar-refractivity contribution in [2.24, 2.45) is 0 Å². The molecule has 0 saturated carbocycles. The van der Waals surface area contributed by atoms with E-state index in [1.807, 2.05) is 0 Å². The van der Waals surface area contributed by atoms with Crippen molar-refractivity contribution >= 4 is 57.6 Å². The molecule has 0 heterocycles. The molecule has 0 fully saturated rings. The number of nitro groups is 1. The molecule has 12 heteroatoms. The lowest BCUT2D eigenvalue weighted by Crippen LogP contribution is -2.20. The maximum Gasteiger partial charge on any atom is 0.422 e. The number of hydrogen-bond acceptors (Lipinski definition) is 4. The molecule has 0 aromatic heterocycles. The molecule has 0 spiro atoms. The SMILES string of the molecule is O=[N+]([O-])c1cc(NC(=S)Nc2cccc(Cl)c2Cl)cc(OCC(F)(F)F)c1. The number of hydrogen-bond donors (Lipinski definition) is 2. The molecular weight excluding hydrogens is 430 g/mol. The molecular formula is C15H10Cl2F3N3O3S. The number of nitro benzene ring substituents is 1. The lowest BCUT2D eigenvalue weighted by molar-refractivity contribution is -0.384. The lowest BCUT2D eigenvalue weighted by Gasteiger charge is -2.14. The van der Waals surface area contributed by atoms with Gasteiger partial charge in [-0.1, -0.05) is 29.3 Å². The zero-order chi connectivity index (χ0) is 20.2. The Morgan fingerprint density at radius 1 is 1.22 bits per heavy atom. The highest BCUT2D eigenvalue weighted by Gasteiger charge is 2.28. The summed E-state index contributed by atoms with van der Waals surface area (Å²) in [5.41, 5.74) is -0.0431. The molecule has 0 aliphatic rings. The second kappa shape index (κ2) is 8.59. The van der Waals surface area contributed by atoms with Gasteiger partial charge in [0.2, 0.25) is 0 Å². The predicted molar refractivity (Wildman–Crippen MR) is 101 cm³/mol. The van der Waals surface area contributed by atoms with Gasteiger partial charge in [0.05, 0.1) is 32.4 Å². The molecule has 2 aromatic carbocycles. The maximum absolute atomic E-state index is 12.3. The van der Waals surface area contributed by atoms with Crippen molar-refractivity contribution in [2.75, 3.05) is 17.2 Å². The monoisotopic (exact) mass is 439 g/mol. The molecule has 2 aromatic rings.